The lowest BCUT2D eigenvalue weighted by Crippen LogP contribution is -2.38. The first kappa shape index (κ1) is 25.8. The van der Waals surface area contributed by atoms with Crippen LogP contribution in [-0.4, -0.2) is 55.1 Å². The van der Waals surface area contributed by atoms with Gasteiger partial charge in [0, 0.05) is 49.2 Å². The summed E-state index contributed by atoms with van der Waals surface area (Å²) in [4.78, 5) is 15.8. The van der Waals surface area contributed by atoms with Gasteiger partial charge in [0.2, 0.25) is 10.0 Å². The number of H-pyrrole nitrogens is 1. The standard InChI is InChI=1S/C28H36N4O4S/c1-4-37(34,35)32-8-5-18(6-9-32)25-16-31-27-23(25)12-20(13-24(27)28(29)33)19-11-21(15-30-17(2)3)22-7-10-36-26(22)14-19/h11-14,16-18,30-31H,4-10,15H2,1-3H3,(H2,29,33). The van der Waals surface area contributed by atoms with Crippen molar-refractivity contribution in [3.63, 3.8) is 0 Å². The molecule has 9 heteroatoms. The van der Waals surface area contributed by atoms with E-state index in [-0.39, 0.29) is 11.7 Å². The van der Waals surface area contributed by atoms with Gasteiger partial charge in [0.15, 0.2) is 0 Å². The molecule has 1 fully saturated rings. The third kappa shape index (κ3) is 5.00. The maximum atomic E-state index is 12.5. The van der Waals surface area contributed by atoms with E-state index in [1.807, 2.05) is 12.3 Å². The lowest BCUT2D eigenvalue weighted by Gasteiger charge is -2.31. The zero-order valence-electron chi connectivity index (χ0n) is 21.8. The summed E-state index contributed by atoms with van der Waals surface area (Å²) in [6.45, 7) is 8.37. The third-order valence-corrected chi connectivity index (χ3v) is 9.57. The number of benzene rings is 2. The highest BCUT2D eigenvalue weighted by Gasteiger charge is 2.29. The molecule has 5 rings (SSSR count). The van der Waals surface area contributed by atoms with Crippen molar-refractivity contribution >= 4 is 26.8 Å². The number of hydrogen-bond acceptors (Lipinski definition) is 5. The van der Waals surface area contributed by atoms with Crippen molar-refractivity contribution in [3.05, 3.63) is 52.7 Å². The molecule has 0 aliphatic carbocycles. The number of primary amides is 1. The lowest BCUT2D eigenvalue weighted by atomic mass is 9.88. The van der Waals surface area contributed by atoms with Gasteiger partial charge in [0.1, 0.15) is 5.75 Å². The van der Waals surface area contributed by atoms with E-state index in [2.05, 4.69) is 42.3 Å². The second-order valence-corrected chi connectivity index (χ2v) is 12.6. The van der Waals surface area contributed by atoms with Gasteiger partial charge in [-0.3, -0.25) is 4.79 Å². The van der Waals surface area contributed by atoms with Gasteiger partial charge in [0.05, 0.1) is 23.4 Å². The van der Waals surface area contributed by atoms with E-state index in [1.165, 1.54) is 11.1 Å². The number of rotatable bonds is 8. The highest BCUT2D eigenvalue weighted by Crippen LogP contribution is 2.39. The van der Waals surface area contributed by atoms with Crippen molar-refractivity contribution in [2.75, 3.05) is 25.4 Å². The normalized spacial score (nSPS) is 16.9. The number of nitrogens with zero attached hydrogens (tertiary/aromatic N) is 1. The molecule has 0 unspecified atom stereocenters. The van der Waals surface area contributed by atoms with Crippen LogP contribution < -0.4 is 15.8 Å². The first-order valence-electron chi connectivity index (χ1n) is 13.1. The van der Waals surface area contributed by atoms with Crippen LogP contribution in [-0.2, 0) is 23.0 Å². The van der Waals surface area contributed by atoms with Crippen molar-refractivity contribution in [2.45, 2.75) is 58.5 Å². The molecule has 2 aromatic carbocycles. The quantitative estimate of drug-likeness (QED) is 0.413. The molecule has 1 saturated heterocycles. The van der Waals surface area contributed by atoms with Crippen LogP contribution in [0.5, 0.6) is 5.75 Å². The zero-order valence-corrected chi connectivity index (χ0v) is 22.6. The molecule has 0 radical (unpaired) electrons. The first-order chi connectivity index (χ1) is 17.7. The molecular formula is C28H36N4O4S. The summed E-state index contributed by atoms with van der Waals surface area (Å²) >= 11 is 0. The summed E-state index contributed by atoms with van der Waals surface area (Å²) in [7, 11) is -3.19. The number of nitrogens with one attached hydrogen (secondary N) is 2. The van der Waals surface area contributed by atoms with Gasteiger partial charge >= 0.3 is 0 Å². The summed E-state index contributed by atoms with van der Waals surface area (Å²) in [6, 6.07) is 8.60. The van der Waals surface area contributed by atoms with Crippen molar-refractivity contribution in [3.8, 4) is 16.9 Å². The molecule has 0 atom stereocenters. The molecule has 4 N–H and O–H groups in total. The molecule has 37 heavy (non-hydrogen) atoms. The molecule has 0 saturated carbocycles. The van der Waals surface area contributed by atoms with Gasteiger partial charge in [-0.1, -0.05) is 13.8 Å². The van der Waals surface area contributed by atoms with Gasteiger partial charge in [-0.15, -0.1) is 0 Å². The second-order valence-electron chi connectivity index (χ2n) is 10.4. The first-order valence-corrected chi connectivity index (χ1v) is 14.7. The summed E-state index contributed by atoms with van der Waals surface area (Å²) < 4.78 is 32.2. The summed E-state index contributed by atoms with van der Waals surface area (Å²) in [5.74, 6) is 0.734. The fourth-order valence-electron chi connectivity index (χ4n) is 5.60. The van der Waals surface area contributed by atoms with E-state index >= 15 is 0 Å². The average Bonchev–Trinajstić information content (AvgIpc) is 3.53. The Labute approximate surface area is 218 Å². The number of aromatic amines is 1. The van der Waals surface area contributed by atoms with Crippen molar-refractivity contribution in [1.29, 1.82) is 0 Å². The lowest BCUT2D eigenvalue weighted by molar-refractivity contribution is 0.100. The predicted octanol–water partition coefficient (Wildman–Crippen LogP) is 3.90. The smallest absolute Gasteiger partial charge is 0.250 e. The number of sulfonamides is 1. The van der Waals surface area contributed by atoms with Gasteiger partial charge in [-0.2, -0.15) is 0 Å². The number of amides is 1. The fraction of sp³-hybridized carbons (Fsp3) is 0.464. The Balaban J connectivity index is 1.55. The van der Waals surface area contributed by atoms with Gasteiger partial charge in [-0.25, -0.2) is 12.7 Å². The monoisotopic (exact) mass is 524 g/mol. The predicted molar refractivity (Wildman–Crippen MR) is 146 cm³/mol. The number of carbonyl (C=O) groups is 1. The minimum atomic E-state index is -3.19. The van der Waals surface area contributed by atoms with Crippen LogP contribution in [0.3, 0.4) is 0 Å². The Bertz CT molecular complexity index is 1440. The number of piperidine rings is 1. The maximum Gasteiger partial charge on any atom is 0.250 e. The summed E-state index contributed by atoms with van der Waals surface area (Å²) in [6.07, 6.45) is 4.32. The Morgan fingerprint density at radius 3 is 2.59 bits per heavy atom. The van der Waals surface area contributed by atoms with Crippen molar-refractivity contribution in [1.82, 2.24) is 14.6 Å². The molecule has 1 amide bonds. The number of aromatic nitrogens is 1. The molecule has 3 heterocycles. The van der Waals surface area contributed by atoms with Crippen LogP contribution in [0, 0.1) is 0 Å². The highest BCUT2D eigenvalue weighted by atomic mass is 32.2. The van der Waals surface area contributed by atoms with Crippen LogP contribution >= 0.6 is 0 Å². The zero-order chi connectivity index (χ0) is 26.3. The van der Waals surface area contributed by atoms with E-state index in [4.69, 9.17) is 10.5 Å². The topological polar surface area (TPSA) is 118 Å². The second kappa shape index (κ2) is 10.1. The van der Waals surface area contributed by atoms with Crippen LogP contribution in [0.25, 0.3) is 22.0 Å². The van der Waals surface area contributed by atoms with Gasteiger partial charge in [-0.05, 0) is 72.2 Å². The number of nitrogens with two attached hydrogens (primary N) is 1. The average molecular weight is 525 g/mol. The molecule has 8 nitrogen and oxygen atoms in total. The van der Waals surface area contributed by atoms with Crippen molar-refractivity contribution < 1.29 is 17.9 Å². The Morgan fingerprint density at radius 1 is 1.19 bits per heavy atom. The van der Waals surface area contributed by atoms with Gasteiger partial charge in [0.25, 0.3) is 5.91 Å². The van der Waals surface area contributed by atoms with Gasteiger partial charge < -0.3 is 20.8 Å². The summed E-state index contributed by atoms with van der Waals surface area (Å²) in [5, 5.41) is 4.48. The van der Waals surface area contributed by atoms with E-state index in [9.17, 15) is 13.2 Å². The van der Waals surface area contributed by atoms with Crippen LogP contribution in [0.4, 0.5) is 0 Å². The number of hydrogen-bond donors (Lipinski definition) is 3. The van der Waals surface area contributed by atoms with Crippen LogP contribution in [0.1, 0.15) is 66.6 Å². The highest BCUT2D eigenvalue weighted by molar-refractivity contribution is 7.89. The molecule has 0 spiro atoms. The minimum Gasteiger partial charge on any atom is -0.493 e. The molecule has 1 aromatic heterocycles. The maximum absolute atomic E-state index is 12.5. The largest absolute Gasteiger partial charge is 0.493 e. The fourth-order valence-corrected chi connectivity index (χ4v) is 6.73. The minimum absolute atomic E-state index is 0.120. The van der Waals surface area contributed by atoms with E-state index in [1.54, 1.807) is 11.2 Å². The van der Waals surface area contributed by atoms with Crippen molar-refractivity contribution in [2.24, 2.45) is 5.73 Å². The molecule has 0 bridgehead atoms. The SMILES string of the molecule is CCS(=O)(=O)N1CCC(c2c[nH]c3c(C(N)=O)cc(-c4cc(CNC(C)C)c5c(c4)OCC5)cc23)CC1. The third-order valence-electron chi connectivity index (χ3n) is 7.68. The van der Waals surface area contributed by atoms with Crippen LogP contribution in [0.15, 0.2) is 30.5 Å². The van der Waals surface area contributed by atoms with E-state index in [0.29, 0.717) is 31.3 Å². The molecule has 2 aliphatic heterocycles. The van der Waals surface area contributed by atoms with Crippen LogP contribution in [0.2, 0.25) is 0 Å². The summed E-state index contributed by atoms with van der Waals surface area (Å²) in [5.41, 5.74) is 12.5. The number of carbonyl (C=O) groups excluding carboxylic acids is 1. The molecular weight excluding hydrogens is 488 g/mol. The number of ether oxygens (including phenoxy) is 1. The Kier molecular flexibility index (Phi) is 7.04. The number of fused-ring (bicyclic) bond motifs is 2. The Hall–Kier alpha value is -2.88. The van der Waals surface area contributed by atoms with E-state index in [0.717, 1.165) is 59.2 Å². The molecule has 3 aromatic rings. The Morgan fingerprint density at radius 2 is 1.92 bits per heavy atom. The molecule has 198 valence electrons. The molecule has 2 aliphatic rings. The van der Waals surface area contributed by atoms with E-state index < -0.39 is 15.9 Å².